The number of nitrogens with two attached hydrogens (primary N) is 1. The first kappa shape index (κ1) is 15.9. The predicted molar refractivity (Wildman–Crippen MR) is 68.3 cm³/mol. The molecule has 2 unspecified atom stereocenters. The standard InChI is InChI=1S/C12H25N3O2/c1-5-14-11(16)9(4)15-12(17)10(7-13)6-8(2)3/h8-10H,5-7,13H2,1-4H3,(H,14,16)(H,15,17). The fraction of sp³-hybridized carbons (Fsp3) is 0.833. The summed E-state index contributed by atoms with van der Waals surface area (Å²) in [5, 5.41) is 5.35. The molecule has 4 N–H and O–H groups in total. The zero-order chi connectivity index (χ0) is 13.4. The van der Waals surface area contributed by atoms with Crippen molar-refractivity contribution in [3.05, 3.63) is 0 Å². The Morgan fingerprint density at radius 1 is 1.18 bits per heavy atom. The van der Waals surface area contributed by atoms with Crippen molar-refractivity contribution in [2.45, 2.75) is 40.2 Å². The van der Waals surface area contributed by atoms with Crippen LogP contribution in [0.5, 0.6) is 0 Å². The maximum atomic E-state index is 11.9. The summed E-state index contributed by atoms with van der Waals surface area (Å²) >= 11 is 0. The molecule has 0 aromatic carbocycles. The summed E-state index contributed by atoms with van der Waals surface area (Å²) in [4.78, 5) is 23.3. The first-order chi connectivity index (χ1) is 7.92. The summed E-state index contributed by atoms with van der Waals surface area (Å²) in [6.45, 7) is 8.48. The lowest BCUT2D eigenvalue weighted by molar-refractivity contribution is -0.130. The molecule has 100 valence electrons. The lowest BCUT2D eigenvalue weighted by Gasteiger charge is -2.19. The number of carbonyl (C=O) groups excluding carboxylic acids is 2. The van der Waals surface area contributed by atoms with Crippen LogP contribution >= 0.6 is 0 Å². The Labute approximate surface area is 104 Å². The van der Waals surface area contributed by atoms with Crippen LogP contribution < -0.4 is 16.4 Å². The molecule has 0 aliphatic carbocycles. The zero-order valence-electron chi connectivity index (χ0n) is 11.2. The van der Waals surface area contributed by atoms with E-state index in [1.165, 1.54) is 0 Å². The van der Waals surface area contributed by atoms with Crippen molar-refractivity contribution in [3.8, 4) is 0 Å². The number of hydrogen-bond acceptors (Lipinski definition) is 3. The van der Waals surface area contributed by atoms with Gasteiger partial charge in [-0.05, 0) is 26.2 Å². The molecule has 0 aliphatic heterocycles. The van der Waals surface area contributed by atoms with Gasteiger partial charge in [-0.1, -0.05) is 13.8 Å². The normalized spacial score (nSPS) is 14.2. The molecular weight excluding hydrogens is 218 g/mol. The number of hydrogen-bond donors (Lipinski definition) is 3. The third-order valence-corrected chi connectivity index (χ3v) is 2.51. The van der Waals surface area contributed by atoms with Crippen LogP contribution in [0.25, 0.3) is 0 Å². The fourth-order valence-electron chi connectivity index (χ4n) is 1.60. The Morgan fingerprint density at radius 2 is 1.76 bits per heavy atom. The van der Waals surface area contributed by atoms with Crippen LogP contribution in [0, 0.1) is 11.8 Å². The molecule has 0 bridgehead atoms. The highest BCUT2D eigenvalue weighted by Crippen LogP contribution is 2.10. The molecule has 0 radical (unpaired) electrons. The average molecular weight is 243 g/mol. The number of rotatable bonds is 7. The molecule has 2 amide bonds. The van der Waals surface area contributed by atoms with Crippen LogP contribution in [0.15, 0.2) is 0 Å². The van der Waals surface area contributed by atoms with Gasteiger partial charge in [-0.15, -0.1) is 0 Å². The van der Waals surface area contributed by atoms with E-state index in [0.717, 1.165) is 6.42 Å². The van der Waals surface area contributed by atoms with Gasteiger partial charge in [0.25, 0.3) is 0 Å². The van der Waals surface area contributed by atoms with Gasteiger partial charge in [0.05, 0.1) is 5.92 Å². The topological polar surface area (TPSA) is 84.2 Å². The van der Waals surface area contributed by atoms with Crippen LogP contribution in [0.1, 0.15) is 34.1 Å². The molecule has 0 aromatic rings. The maximum absolute atomic E-state index is 11.9. The second-order valence-corrected chi connectivity index (χ2v) is 4.69. The van der Waals surface area contributed by atoms with E-state index in [4.69, 9.17) is 5.73 Å². The number of likely N-dealkylation sites (N-methyl/N-ethyl adjacent to an activating group) is 1. The smallest absolute Gasteiger partial charge is 0.242 e. The minimum atomic E-state index is -0.510. The van der Waals surface area contributed by atoms with E-state index in [1.807, 2.05) is 20.8 Å². The molecule has 0 fully saturated rings. The Balaban J connectivity index is 4.25. The Kier molecular flexibility index (Phi) is 7.54. The Morgan fingerprint density at radius 3 is 2.18 bits per heavy atom. The summed E-state index contributed by atoms with van der Waals surface area (Å²) in [5.41, 5.74) is 5.57. The minimum Gasteiger partial charge on any atom is -0.355 e. The Hall–Kier alpha value is -1.10. The minimum absolute atomic E-state index is 0.139. The maximum Gasteiger partial charge on any atom is 0.242 e. The number of nitrogens with one attached hydrogen (secondary N) is 2. The number of carbonyl (C=O) groups is 2. The van der Waals surface area contributed by atoms with Crippen molar-refractivity contribution < 1.29 is 9.59 Å². The summed E-state index contributed by atoms with van der Waals surface area (Å²) in [6.07, 6.45) is 0.741. The molecule has 0 rings (SSSR count). The fourth-order valence-corrected chi connectivity index (χ4v) is 1.60. The predicted octanol–water partition coefficient (Wildman–Crippen LogP) is 0.248. The van der Waals surface area contributed by atoms with Gasteiger partial charge in [-0.25, -0.2) is 0 Å². The summed E-state index contributed by atoms with van der Waals surface area (Å²) in [5.74, 6) is -0.109. The van der Waals surface area contributed by atoms with Gasteiger partial charge in [-0.3, -0.25) is 9.59 Å². The van der Waals surface area contributed by atoms with Gasteiger partial charge in [0.1, 0.15) is 6.04 Å². The molecule has 17 heavy (non-hydrogen) atoms. The van der Waals surface area contributed by atoms with E-state index in [0.29, 0.717) is 19.0 Å². The van der Waals surface area contributed by atoms with Crippen LogP contribution in [0.3, 0.4) is 0 Å². The van der Waals surface area contributed by atoms with Gasteiger partial charge in [0.15, 0.2) is 0 Å². The van der Waals surface area contributed by atoms with E-state index in [1.54, 1.807) is 6.92 Å². The summed E-state index contributed by atoms with van der Waals surface area (Å²) in [7, 11) is 0. The first-order valence-corrected chi connectivity index (χ1v) is 6.20. The van der Waals surface area contributed by atoms with E-state index < -0.39 is 6.04 Å². The van der Waals surface area contributed by atoms with Gasteiger partial charge >= 0.3 is 0 Å². The van der Waals surface area contributed by atoms with Crippen LogP contribution in [-0.2, 0) is 9.59 Å². The van der Waals surface area contributed by atoms with E-state index >= 15 is 0 Å². The van der Waals surface area contributed by atoms with Gasteiger partial charge in [0.2, 0.25) is 11.8 Å². The van der Waals surface area contributed by atoms with Gasteiger partial charge in [-0.2, -0.15) is 0 Å². The lowest BCUT2D eigenvalue weighted by Crippen LogP contribution is -2.48. The molecule has 2 atom stereocenters. The van der Waals surface area contributed by atoms with Crippen LogP contribution in [-0.4, -0.2) is 30.9 Å². The largest absolute Gasteiger partial charge is 0.355 e. The third kappa shape index (κ3) is 6.26. The van der Waals surface area contributed by atoms with Crippen molar-refractivity contribution in [3.63, 3.8) is 0 Å². The SMILES string of the molecule is CCNC(=O)C(C)NC(=O)C(CN)CC(C)C. The second-order valence-electron chi connectivity index (χ2n) is 4.69. The third-order valence-electron chi connectivity index (χ3n) is 2.51. The van der Waals surface area contributed by atoms with E-state index in [2.05, 4.69) is 10.6 Å². The molecule has 0 saturated heterocycles. The monoisotopic (exact) mass is 243 g/mol. The molecule has 0 aromatic heterocycles. The molecule has 0 aliphatic rings. The molecule has 5 heteroatoms. The number of amides is 2. The van der Waals surface area contributed by atoms with Crippen molar-refractivity contribution in [1.29, 1.82) is 0 Å². The quantitative estimate of drug-likeness (QED) is 0.599. The highest BCUT2D eigenvalue weighted by Gasteiger charge is 2.22. The molecule has 0 saturated carbocycles. The van der Waals surface area contributed by atoms with Crippen molar-refractivity contribution in [1.82, 2.24) is 10.6 Å². The van der Waals surface area contributed by atoms with E-state index in [-0.39, 0.29) is 17.7 Å². The summed E-state index contributed by atoms with van der Waals surface area (Å²) < 4.78 is 0. The highest BCUT2D eigenvalue weighted by atomic mass is 16.2. The second kappa shape index (κ2) is 8.06. The molecule has 0 spiro atoms. The van der Waals surface area contributed by atoms with Gasteiger partial charge in [0, 0.05) is 13.1 Å². The van der Waals surface area contributed by atoms with Crippen LogP contribution in [0.4, 0.5) is 0 Å². The van der Waals surface area contributed by atoms with Gasteiger partial charge < -0.3 is 16.4 Å². The Bertz CT molecular complexity index is 254. The summed E-state index contributed by atoms with van der Waals surface area (Å²) in [6, 6.07) is -0.510. The van der Waals surface area contributed by atoms with Crippen molar-refractivity contribution in [2.24, 2.45) is 17.6 Å². The highest BCUT2D eigenvalue weighted by molar-refractivity contribution is 5.88. The van der Waals surface area contributed by atoms with E-state index in [9.17, 15) is 9.59 Å². The lowest BCUT2D eigenvalue weighted by atomic mass is 9.96. The molecular formula is C12H25N3O2. The van der Waals surface area contributed by atoms with Crippen molar-refractivity contribution >= 4 is 11.8 Å². The van der Waals surface area contributed by atoms with Crippen molar-refractivity contribution in [2.75, 3.05) is 13.1 Å². The zero-order valence-corrected chi connectivity index (χ0v) is 11.2. The molecule has 0 heterocycles. The van der Waals surface area contributed by atoms with Crippen LogP contribution in [0.2, 0.25) is 0 Å². The first-order valence-electron chi connectivity index (χ1n) is 6.20. The average Bonchev–Trinajstić information content (AvgIpc) is 2.25. The molecule has 5 nitrogen and oxygen atoms in total.